The molecule has 0 fully saturated rings. The molecule has 0 aliphatic carbocycles. The van der Waals surface area contributed by atoms with Gasteiger partial charge in [0.2, 0.25) is 5.91 Å². The number of aliphatic hydroxyl groups excluding tert-OH is 1. The summed E-state index contributed by atoms with van der Waals surface area (Å²) in [5, 5.41) is 16.5. The minimum atomic E-state index is -0.811. The Labute approximate surface area is 192 Å². The molecule has 2 unspecified atom stereocenters. The van der Waals surface area contributed by atoms with Crippen LogP contribution in [0.3, 0.4) is 0 Å². The Morgan fingerprint density at radius 3 is 2.06 bits per heavy atom. The zero-order valence-corrected chi connectivity index (χ0v) is 18.6. The maximum absolute atomic E-state index is 13.4. The Hall–Kier alpha value is -3.13. The average molecular weight is 455 g/mol. The van der Waals surface area contributed by atoms with E-state index < -0.39 is 12.2 Å². The van der Waals surface area contributed by atoms with Gasteiger partial charge in [0, 0.05) is 25.2 Å². The first kappa shape index (κ1) is 24.5. The number of benzene rings is 3. The van der Waals surface area contributed by atoms with E-state index in [-0.39, 0.29) is 36.7 Å². The second kappa shape index (κ2) is 11.7. The van der Waals surface area contributed by atoms with E-state index >= 15 is 0 Å². The summed E-state index contributed by atoms with van der Waals surface area (Å²) in [4.78, 5) is 11.3. The Morgan fingerprint density at radius 1 is 0.939 bits per heavy atom. The first-order chi connectivity index (χ1) is 15.8. The van der Waals surface area contributed by atoms with E-state index in [4.69, 9.17) is 4.74 Å². The van der Waals surface area contributed by atoms with Crippen molar-refractivity contribution < 1.29 is 23.4 Å². The molecule has 0 saturated heterocycles. The number of hydrogen-bond donors (Lipinski definition) is 3. The van der Waals surface area contributed by atoms with Crippen molar-refractivity contribution in [1.29, 1.82) is 0 Å². The van der Waals surface area contributed by atoms with Gasteiger partial charge in [-0.15, -0.1) is 0 Å². The number of rotatable bonds is 10. The van der Waals surface area contributed by atoms with Gasteiger partial charge in [-0.2, -0.15) is 0 Å². The van der Waals surface area contributed by atoms with Crippen LogP contribution in [0.2, 0.25) is 0 Å². The largest absolute Gasteiger partial charge is 0.389 e. The van der Waals surface area contributed by atoms with E-state index in [1.165, 1.54) is 31.2 Å². The molecule has 0 spiro atoms. The summed E-state index contributed by atoms with van der Waals surface area (Å²) in [6.45, 7) is 3.70. The first-order valence-electron chi connectivity index (χ1n) is 10.7. The topological polar surface area (TPSA) is 70.6 Å². The Morgan fingerprint density at radius 2 is 1.52 bits per heavy atom. The second-order valence-electron chi connectivity index (χ2n) is 7.91. The number of amides is 1. The van der Waals surface area contributed by atoms with Gasteiger partial charge in [0.25, 0.3) is 0 Å². The number of nitrogens with one attached hydrogen (secondary N) is 2. The van der Waals surface area contributed by atoms with Gasteiger partial charge in [-0.1, -0.05) is 36.4 Å². The molecule has 5 nitrogen and oxygen atoms in total. The molecule has 0 saturated carbocycles. The molecule has 174 valence electrons. The molecule has 33 heavy (non-hydrogen) atoms. The molecule has 0 bridgehead atoms. The van der Waals surface area contributed by atoms with Gasteiger partial charge in [-0.3, -0.25) is 4.79 Å². The van der Waals surface area contributed by atoms with Gasteiger partial charge in [0.15, 0.2) is 0 Å². The van der Waals surface area contributed by atoms with Crippen LogP contribution in [0.5, 0.6) is 0 Å². The lowest BCUT2D eigenvalue weighted by atomic mass is 10.0. The molecule has 3 aromatic rings. The molecule has 1 amide bonds. The van der Waals surface area contributed by atoms with Crippen molar-refractivity contribution in [2.75, 3.05) is 18.5 Å². The molecule has 0 aromatic heterocycles. The fourth-order valence-corrected chi connectivity index (χ4v) is 3.45. The molecular formula is C26H28F2N2O3. The van der Waals surface area contributed by atoms with Crippen molar-refractivity contribution in [3.63, 3.8) is 0 Å². The van der Waals surface area contributed by atoms with E-state index in [0.717, 1.165) is 5.56 Å². The highest BCUT2D eigenvalue weighted by Crippen LogP contribution is 2.27. The predicted molar refractivity (Wildman–Crippen MR) is 124 cm³/mol. The Kier molecular flexibility index (Phi) is 8.65. The molecule has 3 rings (SSSR count). The average Bonchev–Trinajstić information content (AvgIpc) is 2.79. The summed E-state index contributed by atoms with van der Waals surface area (Å²) in [5.74, 6) is -0.869. The van der Waals surface area contributed by atoms with Crippen LogP contribution in [-0.4, -0.2) is 30.3 Å². The Bertz CT molecular complexity index is 997. The van der Waals surface area contributed by atoms with Gasteiger partial charge < -0.3 is 20.5 Å². The van der Waals surface area contributed by atoms with Gasteiger partial charge in [-0.25, -0.2) is 8.78 Å². The van der Waals surface area contributed by atoms with Crippen LogP contribution in [-0.2, 0) is 9.53 Å². The quantitative estimate of drug-likeness (QED) is 0.414. The summed E-state index contributed by atoms with van der Waals surface area (Å²) in [7, 11) is 0. The lowest BCUT2D eigenvalue weighted by Crippen LogP contribution is -2.32. The Balaban J connectivity index is 1.60. The standard InChI is InChI=1S/C26H28F2N2O3/c1-17(21-4-3-5-24(14-21)30-18(2)31)29-15-25(32)16-33-26(19-6-10-22(27)11-7-19)20-8-12-23(28)13-9-20/h3-14,17,25-26,29,32H,15-16H2,1-2H3,(H,30,31). The molecule has 3 N–H and O–H groups in total. The maximum atomic E-state index is 13.4. The zero-order valence-electron chi connectivity index (χ0n) is 18.6. The third-order valence-electron chi connectivity index (χ3n) is 5.17. The summed E-state index contributed by atoms with van der Waals surface area (Å²) < 4.78 is 32.7. The highest BCUT2D eigenvalue weighted by molar-refractivity contribution is 5.88. The van der Waals surface area contributed by atoms with Crippen LogP contribution < -0.4 is 10.6 Å². The van der Waals surface area contributed by atoms with E-state index in [1.807, 2.05) is 31.2 Å². The number of carbonyl (C=O) groups excluding carboxylic acids is 1. The van der Waals surface area contributed by atoms with E-state index in [0.29, 0.717) is 16.8 Å². The van der Waals surface area contributed by atoms with Crippen LogP contribution in [0.4, 0.5) is 14.5 Å². The van der Waals surface area contributed by atoms with Crippen molar-refractivity contribution in [2.45, 2.75) is 32.1 Å². The van der Waals surface area contributed by atoms with Crippen molar-refractivity contribution in [3.05, 3.63) is 101 Å². The first-order valence-corrected chi connectivity index (χ1v) is 10.7. The van der Waals surface area contributed by atoms with Gasteiger partial charge in [-0.05, 0) is 60.0 Å². The number of ether oxygens (including phenoxy) is 1. The molecule has 2 atom stereocenters. The van der Waals surface area contributed by atoms with Crippen LogP contribution in [0.1, 0.15) is 42.7 Å². The smallest absolute Gasteiger partial charge is 0.221 e. The molecule has 3 aromatic carbocycles. The molecule has 0 aliphatic rings. The van der Waals surface area contributed by atoms with Gasteiger partial charge in [0.1, 0.15) is 17.7 Å². The maximum Gasteiger partial charge on any atom is 0.221 e. The fraction of sp³-hybridized carbons (Fsp3) is 0.269. The third-order valence-corrected chi connectivity index (χ3v) is 5.17. The molecule has 0 aliphatic heterocycles. The van der Waals surface area contributed by atoms with Crippen molar-refractivity contribution in [3.8, 4) is 0 Å². The molecular weight excluding hydrogens is 426 g/mol. The second-order valence-corrected chi connectivity index (χ2v) is 7.91. The van der Waals surface area contributed by atoms with Gasteiger partial charge >= 0.3 is 0 Å². The normalized spacial score (nSPS) is 13.0. The van der Waals surface area contributed by atoms with Crippen molar-refractivity contribution >= 4 is 11.6 Å². The molecule has 7 heteroatoms. The molecule has 0 heterocycles. The monoisotopic (exact) mass is 454 g/mol. The van der Waals surface area contributed by atoms with Crippen molar-refractivity contribution in [2.24, 2.45) is 0 Å². The van der Waals surface area contributed by atoms with Gasteiger partial charge in [0.05, 0.1) is 12.7 Å². The number of hydrogen-bond acceptors (Lipinski definition) is 4. The highest BCUT2D eigenvalue weighted by atomic mass is 19.1. The third kappa shape index (κ3) is 7.46. The minimum Gasteiger partial charge on any atom is -0.389 e. The van der Waals surface area contributed by atoms with Crippen molar-refractivity contribution in [1.82, 2.24) is 5.32 Å². The highest BCUT2D eigenvalue weighted by Gasteiger charge is 2.18. The van der Waals surface area contributed by atoms with E-state index in [1.54, 1.807) is 24.3 Å². The van der Waals surface area contributed by atoms with Crippen LogP contribution in [0.25, 0.3) is 0 Å². The predicted octanol–water partition coefficient (Wildman–Crippen LogP) is 4.74. The lowest BCUT2D eigenvalue weighted by Gasteiger charge is -2.22. The van der Waals surface area contributed by atoms with Crippen LogP contribution in [0.15, 0.2) is 72.8 Å². The zero-order chi connectivity index (χ0) is 23.8. The fourth-order valence-electron chi connectivity index (χ4n) is 3.45. The number of aliphatic hydroxyl groups is 1. The van der Waals surface area contributed by atoms with Crippen LogP contribution >= 0.6 is 0 Å². The summed E-state index contributed by atoms with van der Waals surface area (Å²) >= 11 is 0. The number of carbonyl (C=O) groups is 1. The summed E-state index contributed by atoms with van der Waals surface area (Å²) in [5.41, 5.74) is 3.07. The van der Waals surface area contributed by atoms with Crippen LogP contribution in [0, 0.1) is 11.6 Å². The van der Waals surface area contributed by atoms with E-state index in [2.05, 4.69) is 10.6 Å². The number of halogens is 2. The summed E-state index contributed by atoms with van der Waals surface area (Å²) in [6, 6.07) is 19.2. The minimum absolute atomic E-state index is 0.0189. The SMILES string of the molecule is CC(=O)Nc1cccc(C(C)NCC(O)COC(c2ccc(F)cc2)c2ccc(F)cc2)c1. The van der Waals surface area contributed by atoms with E-state index in [9.17, 15) is 18.7 Å². The molecule has 0 radical (unpaired) electrons. The lowest BCUT2D eigenvalue weighted by molar-refractivity contribution is -0.114. The number of anilines is 1. The summed E-state index contributed by atoms with van der Waals surface area (Å²) in [6.07, 6.45) is -1.39.